The number of anilines is 1. The number of hydrogen-bond donors (Lipinski definition) is 3. The van der Waals surface area contributed by atoms with Crippen LogP contribution in [0.15, 0.2) is 58.3 Å². The summed E-state index contributed by atoms with van der Waals surface area (Å²) >= 11 is 0. The van der Waals surface area contributed by atoms with Crippen LogP contribution in [-0.4, -0.2) is 53.2 Å². The van der Waals surface area contributed by atoms with E-state index in [-0.39, 0.29) is 22.2 Å². The van der Waals surface area contributed by atoms with Crippen molar-refractivity contribution in [2.45, 2.75) is 29.1 Å². The molecule has 0 aliphatic carbocycles. The lowest BCUT2D eigenvalue weighted by Gasteiger charge is -2.15. The number of nitrogens with one attached hydrogen (secondary N) is 2. The van der Waals surface area contributed by atoms with Crippen LogP contribution >= 0.6 is 0 Å². The molecule has 1 heterocycles. The van der Waals surface area contributed by atoms with E-state index >= 15 is 0 Å². The van der Waals surface area contributed by atoms with Gasteiger partial charge in [0.05, 0.1) is 16.3 Å². The standard InChI is InChI=1S/C20H26N4O5S2/c21-30(26,27)18-7-3-16(4-8-18)11-12-22-15-20(25)23-17-5-9-19(10-6-17)31(28,29)24-13-1-2-14-24/h3-10,22H,1-2,11-15H2,(H,23,25)(H2,21,26,27). The second-order valence-corrected chi connectivity index (χ2v) is 10.8. The van der Waals surface area contributed by atoms with Crippen LogP contribution in [0, 0.1) is 0 Å². The van der Waals surface area contributed by atoms with Crippen LogP contribution in [0.4, 0.5) is 5.69 Å². The number of benzene rings is 2. The molecule has 168 valence electrons. The van der Waals surface area contributed by atoms with E-state index in [1.807, 2.05) is 0 Å². The van der Waals surface area contributed by atoms with Crippen molar-refractivity contribution in [3.8, 4) is 0 Å². The van der Waals surface area contributed by atoms with Gasteiger partial charge < -0.3 is 10.6 Å². The Hall–Kier alpha value is -2.31. The van der Waals surface area contributed by atoms with Gasteiger partial charge in [0.1, 0.15) is 0 Å². The van der Waals surface area contributed by atoms with Gasteiger partial charge in [-0.2, -0.15) is 4.31 Å². The highest BCUT2D eigenvalue weighted by atomic mass is 32.2. The van der Waals surface area contributed by atoms with Gasteiger partial charge in [-0.1, -0.05) is 12.1 Å². The Kier molecular flexibility index (Phi) is 7.44. The van der Waals surface area contributed by atoms with Crippen molar-refractivity contribution < 1.29 is 21.6 Å². The Morgan fingerprint density at radius 3 is 2.06 bits per heavy atom. The molecular formula is C20H26N4O5S2. The molecule has 0 atom stereocenters. The van der Waals surface area contributed by atoms with Crippen molar-refractivity contribution in [2.24, 2.45) is 5.14 Å². The SMILES string of the molecule is NS(=O)(=O)c1ccc(CCNCC(=O)Nc2ccc(S(=O)(=O)N3CCCC3)cc2)cc1. The van der Waals surface area contributed by atoms with Crippen LogP contribution in [0.25, 0.3) is 0 Å². The molecule has 2 aromatic rings. The minimum absolute atomic E-state index is 0.0582. The average molecular weight is 467 g/mol. The molecule has 1 aliphatic rings. The molecule has 1 aliphatic heterocycles. The summed E-state index contributed by atoms with van der Waals surface area (Å²) < 4.78 is 49.0. The Morgan fingerprint density at radius 2 is 1.48 bits per heavy atom. The third-order valence-electron chi connectivity index (χ3n) is 4.97. The maximum atomic E-state index is 12.5. The molecule has 0 saturated carbocycles. The van der Waals surface area contributed by atoms with Crippen LogP contribution < -0.4 is 15.8 Å². The van der Waals surface area contributed by atoms with Gasteiger partial charge in [-0.3, -0.25) is 4.79 Å². The molecule has 1 amide bonds. The van der Waals surface area contributed by atoms with Gasteiger partial charge in [0, 0.05) is 18.8 Å². The fourth-order valence-corrected chi connectivity index (χ4v) is 5.31. The lowest BCUT2D eigenvalue weighted by molar-refractivity contribution is -0.115. The predicted octanol–water partition coefficient (Wildman–Crippen LogP) is 0.889. The molecule has 0 spiro atoms. The molecule has 2 aromatic carbocycles. The zero-order valence-electron chi connectivity index (χ0n) is 17.0. The second-order valence-electron chi connectivity index (χ2n) is 7.30. The van der Waals surface area contributed by atoms with E-state index in [1.54, 1.807) is 24.3 Å². The number of sulfonamides is 2. The first-order valence-corrected chi connectivity index (χ1v) is 12.9. The highest BCUT2D eigenvalue weighted by Crippen LogP contribution is 2.22. The monoisotopic (exact) mass is 466 g/mol. The number of hydrogen-bond acceptors (Lipinski definition) is 6. The summed E-state index contributed by atoms with van der Waals surface area (Å²) in [6.07, 6.45) is 2.36. The summed E-state index contributed by atoms with van der Waals surface area (Å²) in [6.45, 7) is 1.70. The predicted molar refractivity (Wildman–Crippen MR) is 117 cm³/mol. The van der Waals surface area contributed by atoms with Crippen molar-refractivity contribution in [3.63, 3.8) is 0 Å². The van der Waals surface area contributed by atoms with Crippen LogP contribution in [0.3, 0.4) is 0 Å². The number of amides is 1. The number of nitrogens with zero attached hydrogens (tertiary/aromatic N) is 1. The fraction of sp³-hybridized carbons (Fsp3) is 0.350. The molecule has 0 unspecified atom stereocenters. The number of rotatable bonds is 9. The first-order chi connectivity index (χ1) is 14.7. The molecule has 11 heteroatoms. The minimum atomic E-state index is -3.71. The molecule has 1 saturated heterocycles. The van der Waals surface area contributed by atoms with Gasteiger partial charge in [-0.05, 0) is 67.8 Å². The Labute approximate surface area is 182 Å². The minimum Gasteiger partial charge on any atom is -0.325 e. The highest BCUT2D eigenvalue weighted by Gasteiger charge is 2.26. The number of carbonyl (C=O) groups is 1. The maximum Gasteiger partial charge on any atom is 0.243 e. The molecule has 0 aromatic heterocycles. The molecule has 9 nitrogen and oxygen atoms in total. The lowest BCUT2D eigenvalue weighted by atomic mass is 10.1. The molecule has 0 radical (unpaired) electrons. The molecule has 4 N–H and O–H groups in total. The third-order valence-corrected chi connectivity index (χ3v) is 7.81. The lowest BCUT2D eigenvalue weighted by Crippen LogP contribution is -2.29. The number of primary sulfonamides is 1. The summed E-state index contributed by atoms with van der Waals surface area (Å²) in [7, 11) is -7.18. The topological polar surface area (TPSA) is 139 Å². The van der Waals surface area contributed by atoms with E-state index in [0.717, 1.165) is 18.4 Å². The summed E-state index contributed by atoms with van der Waals surface area (Å²) in [5.41, 5.74) is 1.43. The zero-order valence-corrected chi connectivity index (χ0v) is 18.6. The number of nitrogens with two attached hydrogens (primary N) is 1. The van der Waals surface area contributed by atoms with Crippen LogP contribution in [0.5, 0.6) is 0 Å². The van der Waals surface area contributed by atoms with Crippen LogP contribution in [0.1, 0.15) is 18.4 Å². The Bertz CT molecular complexity index is 1110. The molecule has 1 fully saturated rings. The van der Waals surface area contributed by atoms with Crippen molar-refractivity contribution in [1.82, 2.24) is 9.62 Å². The summed E-state index contributed by atoms with van der Waals surface area (Å²) in [6, 6.07) is 12.4. The van der Waals surface area contributed by atoms with Crippen LogP contribution in [0.2, 0.25) is 0 Å². The Balaban J connectivity index is 1.43. The van der Waals surface area contributed by atoms with Crippen molar-refractivity contribution >= 4 is 31.6 Å². The fourth-order valence-electron chi connectivity index (χ4n) is 3.27. The largest absolute Gasteiger partial charge is 0.325 e. The van der Waals surface area contributed by atoms with E-state index in [9.17, 15) is 21.6 Å². The quantitative estimate of drug-likeness (QED) is 0.469. The summed E-state index contributed by atoms with van der Waals surface area (Å²) in [5, 5.41) is 10.8. The second kappa shape index (κ2) is 9.88. The van der Waals surface area contributed by atoms with Gasteiger partial charge in [0.2, 0.25) is 26.0 Å². The van der Waals surface area contributed by atoms with E-state index in [1.165, 1.54) is 28.6 Å². The van der Waals surface area contributed by atoms with Crippen molar-refractivity contribution in [3.05, 3.63) is 54.1 Å². The van der Waals surface area contributed by atoms with E-state index in [2.05, 4.69) is 10.6 Å². The van der Waals surface area contributed by atoms with E-state index < -0.39 is 20.0 Å². The summed E-state index contributed by atoms with van der Waals surface area (Å²) in [4.78, 5) is 12.4. The highest BCUT2D eigenvalue weighted by molar-refractivity contribution is 7.89. The van der Waals surface area contributed by atoms with Crippen molar-refractivity contribution in [2.75, 3.05) is 31.5 Å². The van der Waals surface area contributed by atoms with Gasteiger partial charge >= 0.3 is 0 Å². The first kappa shape index (κ1) is 23.4. The number of carbonyl (C=O) groups excluding carboxylic acids is 1. The third kappa shape index (κ3) is 6.34. The molecule has 3 rings (SSSR count). The molecular weight excluding hydrogens is 440 g/mol. The van der Waals surface area contributed by atoms with Gasteiger partial charge in [0.25, 0.3) is 0 Å². The molecule has 0 bridgehead atoms. The summed E-state index contributed by atoms with van der Waals surface area (Å²) in [5.74, 6) is -0.250. The van der Waals surface area contributed by atoms with E-state index in [4.69, 9.17) is 5.14 Å². The molecule has 31 heavy (non-hydrogen) atoms. The van der Waals surface area contributed by atoms with Crippen LogP contribution in [-0.2, 0) is 31.3 Å². The van der Waals surface area contributed by atoms with E-state index in [0.29, 0.717) is 31.7 Å². The smallest absolute Gasteiger partial charge is 0.243 e. The van der Waals surface area contributed by atoms with Gasteiger partial charge in [0.15, 0.2) is 0 Å². The first-order valence-electron chi connectivity index (χ1n) is 9.89. The van der Waals surface area contributed by atoms with Crippen molar-refractivity contribution in [1.29, 1.82) is 0 Å². The average Bonchev–Trinajstić information content (AvgIpc) is 3.27. The van der Waals surface area contributed by atoms with Gasteiger partial charge in [-0.25, -0.2) is 22.0 Å². The zero-order chi connectivity index (χ0) is 22.5. The normalized spacial score (nSPS) is 15.1. The Morgan fingerprint density at radius 1 is 0.903 bits per heavy atom. The van der Waals surface area contributed by atoms with Gasteiger partial charge in [-0.15, -0.1) is 0 Å². The maximum absolute atomic E-state index is 12.5.